The molecule has 142 valence electrons. The highest BCUT2D eigenvalue weighted by Gasteiger charge is 2.35. The van der Waals surface area contributed by atoms with E-state index in [-0.39, 0.29) is 11.4 Å². The smallest absolute Gasteiger partial charge is 0.417 e. The van der Waals surface area contributed by atoms with Crippen LogP contribution in [-0.4, -0.2) is 29.7 Å². The maximum Gasteiger partial charge on any atom is 0.417 e. The summed E-state index contributed by atoms with van der Waals surface area (Å²) in [6, 6.07) is 6.76. The number of rotatable bonds is 5. The zero-order valence-corrected chi connectivity index (χ0v) is 15.5. The minimum atomic E-state index is -4.77. The number of ether oxygens (including phenoxy) is 2. The first kappa shape index (κ1) is 20.2. The molecule has 0 saturated carbocycles. The molecular formula is C16H15ClF3NO4S. The molecular weight excluding hydrogens is 395 g/mol. The van der Waals surface area contributed by atoms with Gasteiger partial charge in [-0.25, -0.2) is 8.42 Å². The first-order valence-corrected chi connectivity index (χ1v) is 8.92. The highest BCUT2D eigenvalue weighted by Crippen LogP contribution is 2.37. The van der Waals surface area contributed by atoms with E-state index >= 15 is 0 Å². The maximum absolute atomic E-state index is 13.0. The van der Waals surface area contributed by atoms with E-state index in [0.717, 1.165) is 16.4 Å². The van der Waals surface area contributed by atoms with Gasteiger partial charge in [-0.3, -0.25) is 4.31 Å². The number of alkyl halides is 3. The van der Waals surface area contributed by atoms with Gasteiger partial charge in [0.25, 0.3) is 10.0 Å². The van der Waals surface area contributed by atoms with Crippen molar-refractivity contribution in [2.45, 2.75) is 11.1 Å². The largest absolute Gasteiger partial charge is 0.493 e. The van der Waals surface area contributed by atoms with Crippen molar-refractivity contribution in [3.8, 4) is 11.5 Å². The lowest BCUT2D eigenvalue weighted by molar-refractivity contribution is -0.137. The SMILES string of the molecule is COc1ccc(N(C)S(=O)(=O)c2ccc(Cl)c(C(F)(F)F)c2)cc1OC. The van der Waals surface area contributed by atoms with Crippen molar-refractivity contribution in [2.75, 3.05) is 25.6 Å². The fourth-order valence-corrected chi connectivity index (χ4v) is 3.64. The van der Waals surface area contributed by atoms with Crippen LogP contribution in [0.15, 0.2) is 41.3 Å². The lowest BCUT2D eigenvalue weighted by Gasteiger charge is -2.21. The molecule has 0 aliphatic carbocycles. The van der Waals surface area contributed by atoms with E-state index in [2.05, 4.69) is 0 Å². The molecule has 2 aromatic rings. The molecule has 0 N–H and O–H groups in total. The van der Waals surface area contributed by atoms with Crippen molar-refractivity contribution in [3.05, 3.63) is 47.0 Å². The van der Waals surface area contributed by atoms with Crippen LogP contribution in [0.4, 0.5) is 18.9 Å². The summed E-state index contributed by atoms with van der Waals surface area (Å²) in [7, 11) is -0.236. The van der Waals surface area contributed by atoms with Crippen LogP contribution >= 0.6 is 11.6 Å². The third-order valence-electron chi connectivity index (χ3n) is 3.63. The average molecular weight is 410 g/mol. The molecule has 0 aromatic heterocycles. The molecule has 2 aromatic carbocycles. The fraction of sp³-hybridized carbons (Fsp3) is 0.250. The number of nitrogens with zero attached hydrogens (tertiary/aromatic N) is 1. The third-order valence-corrected chi connectivity index (χ3v) is 5.74. The summed E-state index contributed by atoms with van der Waals surface area (Å²) in [5.74, 6) is 0.659. The van der Waals surface area contributed by atoms with E-state index in [0.29, 0.717) is 11.8 Å². The molecule has 0 atom stereocenters. The minimum Gasteiger partial charge on any atom is -0.493 e. The summed E-state index contributed by atoms with van der Waals surface area (Å²) < 4.78 is 75.5. The van der Waals surface area contributed by atoms with Crippen LogP contribution in [0.2, 0.25) is 5.02 Å². The van der Waals surface area contributed by atoms with Crippen LogP contribution in [0.1, 0.15) is 5.56 Å². The zero-order valence-electron chi connectivity index (χ0n) is 14.0. The van der Waals surface area contributed by atoms with Crippen LogP contribution < -0.4 is 13.8 Å². The zero-order chi connectivity index (χ0) is 19.7. The number of hydrogen-bond acceptors (Lipinski definition) is 4. The summed E-state index contributed by atoms with van der Waals surface area (Å²) in [5.41, 5.74) is -1.04. The van der Waals surface area contributed by atoms with Crippen molar-refractivity contribution in [2.24, 2.45) is 0 Å². The van der Waals surface area contributed by atoms with Crippen molar-refractivity contribution in [1.82, 2.24) is 0 Å². The van der Waals surface area contributed by atoms with E-state index in [1.165, 1.54) is 39.5 Å². The molecule has 2 rings (SSSR count). The molecule has 0 unspecified atom stereocenters. The molecule has 0 fully saturated rings. The van der Waals surface area contributed by atoms with Crippen LogP contribution in [0, 0.1) is 0 Å². The van der Waals surface area contributed by atoms with Gasteiger partial charge in [-0.05, 0) is 30.3 Å². The van der Waals surface area contributed by atoms with Gasteiger partial charge < -0.3 is 9.47 Å². The first-order chi connectivity index (χ1) is 12.0. The Balaban J connectivity index is 2.51. The molecule has 0 amide bonds. The van der Waals surface area contributed by atoms with Crippen molar-refractivity contribution in [3.63, 3.8) is 0 Å². The van der Waals surface area contributed by atoms with Crippen LogP contribution in [0.5, 0.6) is 11.5 Å². The Morgan fingerprint density at radius 3 is 2.15 bits per heavy atom. The van der Waals surface area contributed by atoms with Gasteiger partial charge in [-0.2, -0.15) is 13.2 Å². The van der Waals surface area contributed by atoms with E-state index in [1.54, 1.807) is 0 Å². The first-order valence-electron chi connectivity index (χ1n) is 7.10. The van der Waals surface area contributed by atoms with E-state index in [4.69, 9.17) is 21.1 Å². The highest BCUT2D eigenvalue weighted by molar-refractivity contribution is 7.92. The summed E-state index contributed by atoms with van der Waals surface area (Å²) in [5, 5.41) is -0.579. The monoisotopic (exact) mass is 409 g/mol. The molecule has 5 nitrogen and oxygen atoms in total. The number of hydrogen-bond donors (Lipinski definition) is 0. The predicted octanol–water partition coefficient (Wildman–Crippen LogP) is 4.20. The van der Waals surface area contributed by atoms with Gasteiger partial charge in [0.15, 0.2) is 11.5 Å². The van der Waals surface area contributed by atoms with E-state index in [1.807, 2.05) is 0 Å². The standard InChI is InChI=1S/C16H15ClF3NO4S/c1-21(10-4-7-14(24-2)15(8-10)25-3)26(22,23)11-5-6-13(17)12(9-11)16(18,19)20/h4-9H,1-3H3. The fourth-order valence-electron chi connectivity index (χ4n) is 2.20. The lowest BCUT2D eigenvalue weighted by atomic mass is 10.2. The topological polar surface area (TPSA) is 55.8 Å². The van der Waals surface area contributed by atoms with Crippen LogP contribution in [0.3, 0.4) is 0 Å². The molecule has 0 bridgehead atoms. The van der Waals surface area contributed by atoms with Gasteiger partial charge in [0.05, 0.1) is 35.4 Å². The molecule has 10 heteroatoms. The van der Waals surface area contributed by atoms with E-state index in [9.17, 15) is 21.6 Å². The molecule has 26 heavy (non-hydrogen) atoms. The van der Waals surface area contributed by atoms with Crippen molar-refractivity contribution in [1.29, 1.82) is 0 Å². The molecule has 0 aliphatic rings. The normalized spacial score (nSPS) is 12.0. The third kappa shape index (κ3) is 3.83. The van der Waals surface area contributed by atoms with Gasteiger partial charge in [-0.1, -0.05) is 11.6 Å². The Morgan fingerprint density at radius 2 is 1.62 bits per heavy atom. The summed E-state index contributed by atoms with van der Waals surface area (Å²) >= 11 is 5.54. The van der Waals surface area contributed by atoms with Gasteiger partial charge in [0.1, 0.15) is 0 Å². The Bertz CT molecular complexity index is 916. The highest BCUT2D eigenvalue weighted by atomic mass is 35.5. The Kier molecular flexibility index (Phi) is 5.62. The minimum absolute atomic E-state index is 0.186. The quantitative estimate of drug-likeness (QED) is 0.742. The maximum atomic E-state index is 13.0. The van der Waals surface area contributed by atoms with E-state index < -0.39 is 31.7 Å². The van der Waals surface area contributed by atoms with Crippen molar-refractivity contribution >= 4 is 27.3 Å². The van der Waals surface area contributed by atoms with Gasteiger partial charge in [0, 0.05) is 13.1 Å². The summed E-state index contributed by atoms with van der Waals surface area (Å²) in [6.07, 6.45) is -4.77. The lowest BCUT2D eigenvalue weighted by Crippen LogP contribution is -2.27. The molecule has 0 spiro atoms. The second kappa shape index (κ2) is 7.24. The molecule has 0 aliphatic heterocycles. The molecule has 0 saturated heterocycles. The van der Waals surface area contributed by atoms with Crippen molar-refractivity contribution < 1.29 is 31.1 Å². The molecule has 0 heterocycles. The Labute approximate surface area is 153 Å². The number of sulfonamides is 1. The number of methoxy groups -OCH3 is 2. The van der Waals surface area contributed by atoms with Gasteiger partial charge in [0.2, 0.25) is 0 Å². The molecule has 0 radical (unpaired) electrons. The Morgan fingerprint density at radius 1 is 1.00 bits per heavy atom. The van der Waals surface area contributed by atoms with Gasteiger partial charge >= 0.3 is 6.18 Å². The predicted molar refractivity (Wildman–Crippen MR) is 91.6 cm³/mol. The number of anilines is 1. The summed E-state index contributed by atoms with van der Waals surface area (Å²) in [4.78, 5) is -0.536. The van der Waals surface area contributed by atoms with Crippen LogP contribution in [0.25, 0.3) is 0 Å². The number of benzene rings is 2. The van der Waals surface area contributed by atoms with Crippen LogP contribution in [-0.2, 0) is 16.2 Å². The van der Waals surface area contributed by atoms with Gasteiger partial charge in [-0.15, -0.1) is 0 Å². The Hall–Kier alpha value is -2.13. The second-order valence-electron chi connectivity index (χ2n) is 5.15. The second-order valence-corrected chi connectivity index (χ2v) is 7.53. The average Bonchev–Trinajstić information content (AvgIpc) is 2.59. The summed E-state index contributed by atoms with van der Waals surface area (Å²) in [6.45, 7) is 0. The number of halogens is 4.